The van der Waals surface area contributed by atoms with Gasteiger partial charge in [-0.25, -0.2) is 4.98 Å². The summed E-state index contributed by atoms with van der Waals surface area (Å²) in [6.45, 7) is 0. The number of benzene rings is 2. The number of nitrogens with zero attached hydrogens (tertiary/aromatic N) is 1. The van der Waals surface area contributed by atoms with Crippen LogP contribution in [0.5, 0.6) is 0 Å². The summed E-state index contributed by atoms with van der Waals surface area (Å²) in [5.41, 5.74) is 4.61. The second-order valence-corrected chi connectivity index (χ2v) is 3.82. The maximum Gasteiger partial charge on any atom is 0.174 e. The molecule has 1 N–H and O–H groups in total. The molecule has 0 aliphatic heterocycles. The van der Waals surface area contributed by atoms with Crippen LogP contribution in [0, 0.1) is 6.33 Å². The summed E-state index contributed by atoms with van der Waals surface area (Å²) >= 11 is 0. The summed E-state index contributed by atoms with van der Waals surface area (Å²) in [5.74, 6) is 0. The van der Waals surface area contributed by atoms with Gasteiger partial charge in [-0.05, 0) is 23.6 Å². The van der Waals surface area contributed by atoms with Gasteiger partial charge in [-0.1, -0.05) is 42.5 Å². The van der Waals surface area contributed by atoms with E-state index in [9.17, 15) is 0 Å². The van der Waals surface area contributed by atoms with Crippen LogP contribution >= 0.6 is 0 Å². The summed E-state index contributed by atoms with van der Waals surface area (Å²) in [4.78, 5) is 7.24. The van der Waals surface area contributed by atoms with Gasteiger partial charge in [0, 0.05) is 0 Å². The van der Waals surface area contributed by atoms with Gasteiger partial charge in [-0.2, -0.15) is 0 Å². The molecule has 2 heteroatoms. The monoisotopic (exact) mass is 207 g/mol. The Morgan fingerprint density at radius 3 is 2.75 bits per heavy atom. The number of para-hydroxylation sites is 1. The zero-order chi connectivity index (χ0) is 10.8. The van der Waals surface area contributed by atoms with E-state index in [-0.39, 0.29) is 0 Å². The number of hydrogen-bond donors (Lipinski definition) is 1. The predicted molar refractivity (Wildman–Crippen MR) is 64.2 cm³/mol. The van der Waals surface area contributed by atoms with Crippen LogP contribution in [-0.4, -0.2) is 9.97 Å². The first-order chi connectivity index (χ1) is 7.93. The maximum absolute atomic E-state index is 4.23. The van der Waals surface area contributed by atoms with Gasteiger partial charge in [0.05, 0.1) is 11.0 Å². The molecule has 0 aliphatic carbocycles. The number of fused-ring (bicyclic) bond motifs is 1. The lowest BCUT2D eigenvalue weighted by Crippen LogP contribution is -1.89. The third-order valence-electron chi connectivity index (χ3n) is 2.72. The fourth-order valence-corrected chi connectivity index (χ4v) is 1.93. The lowest BCUT2D eigenvalue weighted by molar-refractivity contribution is 1.20. The second-order valence-electron chi connectivity index (χ2n) is 3.82. The van der Waals surface area contributed by atoms with Crippen molar-refractivity contribution in [2.75, 3.05) is 0 Å². The SMILES string of the molecule is [c]1nc2c(Cc3ccccc3)cccc2[nH]1. The zero-order valence-electron chi connectivity index (χ0n) is 8.77. The van der Waals surface area contributed by atoms with Gasteiger partial charge >= 0.3 is 0 Å². The van der Waals surface area contributed by atoms with E-state index < -0.39 is 0 Å². The molecule has 0 spiro atoms. The van der Waals surface area contributed by atoms with Crippen LogP contribution < -0.4 is 0 Å². The number of hydrogen-bond acceptors (Lipinski definition) is 1. The highest BCUT2D eigenvalue weighted by atomic mass is 14.9. The minimum Gasteiger partial charge on any atom is -0.335 e. The van der Waals surface area contributed by atoms with Crippen LogP contribution in [0.4, 0.5) is 0 Å². The molecule has 1 heterocycles. The van der Waals surface area contributed by atoms with Gasteiger partial charge in [0.1, 0.15) is 0 Å². The molecule has 1 aromatic heterocycles. The zero-order valence-corrected chi connectivity index (χ0v) is 8.77. The highest BCUT2D eigenvalue weighted by molar-refractivity contribution is 5.78. The molecule has 2 aromatic carbocycles. The molecular formula is C14H11N2. The maximum atomic E-state index is 4.23. The van der Waals surface area contributed by atoms with Crippen molar-refractivity contribution in [1.29, 1.82) is 0 Å². The third kappa shape index (κ3) is 1.58. The van der Waals surface area contributed by atoms with E-state index in [1.807, 2.05) is 18.2 Å². The second kappa shape index (κ2) is 3.81. The van der Waals surface area contributed by atoms with Crippen molar-refractivity contribution in [1.82, 2.24) is 9.97 Å². The molecule has 3 aromatic rings. The molecule has 3 rings (SSSR count). The van der Waals surface area contributed by atoms with Crippen LogP contribution in [0.15, 0.2) is 48.5 Å². The number of aromatic amines is 1. The molecule has 0 unspecified atom stereocenters. The molecule has 0 fully saturated rings. The van der Waals surface area contributed by atoms with Crippen molar-refractivity contribution < 1.29 is 0 Å². The molecular weight excluding hydrogens is 196 g/mol. The Hall–Kier alpha value is -2.09. The molecule has 0 bridgehead atoms. The van der Waals surface area contributed by atoms with E-state index in [4.69, 9.17) is 0 Å². The topological polar surface area (TPSA) is 28.7 Å². The molecule has 0 saturated carbocycles. The Labute approximate surface area is 94.0 Å². The molecule has 77 valence electrons. The van der Waals surface area contributed by atoms with Gasteiger partial charge < -0.3 is 4.98 Å². The molecule has 0 atom stereocenters. The molecule has 0 amide bonds. The minimum atomic E-state index is 0.914. The lowest BCUT2D eigenvalue weighted by atomic mass is 10.0. The van der Waals surface area contributed by atoms with E-state index >= 15 is 0 Å². The normalized spacial score (nSPS) is 10.8. The first-order valence-electron chi connectivity index (χ1n) is 5.31. The Balaban J connectivity index is 2.04. The molecule has 16 heavy (non-hydrogen) atoms. The van der Waals surface area contributed by atoms with E-state index in [1.165, 1.54) is 11.1 Å². The summed E-state index contributed by atoms with van der Waals surface area (Å²) in [5, 5.41) is 0. The Morgan fingerprint density at radius 1 is 1.00 bits per heavy atom. The van der Waals surface area contributed by atoms with Crippen LogP contribution in [-0.2, 0) is 6.42 Å². The summed E-state index contributed by atoms with van der Waals surface area (Å²) in [6.07, 6.45) is 3.70. The van der Waals surface area contributed by atoms with Gasteiger partial charge in [-0.15, -0.1) is 0 Å². The van der Waals surface area contributed by atoms with Gasteiger partial charge in [-0.3, -0.25) is 0 Å². The van der Waals surface area contributed by atoms with E-state index in [0.29, 0.717) is 0 Å². The summed E-state index contributed by atoms with van der Waals surface area (Å²) in [6, 6.07) is 16.6. The third-order valence-corrected chi connectivity index (χ3v) is 2.72. The van der Waals surface area contributed by atoms with Crippen molar-refractivity contribution >= 4 is 11.0 Å². The Kier molecular flexibility index (Phi) is 2.18. The van der Waals surface area contributed by atoms with Crippen molar-refractivity contribution in [2.45, 2.75) is 6.42 Å². The van der Waals surface area contributed by atoms with Crippen molar-refractivity contribution in [3.05, 3.63) is 66.0 Å². The quantitative estimate of drug-likeness (QED) is 0.687. The fourth-order valence-electron chi connectivity index (χ4n) is 1.93. The number of H-pyrrole nitrogens is 1. The minimum absolute atomic E-state index is 0.914. The van der Waals surface area contributed by atoms with Crippen molar-refractivity contribution in [3.63, 3.8) is 0 Å². The van der Waals surface area contributed by atoms with Gasteiger partial charge in [0.15, 0.2) is 6.33 Å². The standard InChI is InChI=1S/C14H11N2/c1-2-5-11(6-3-1)9-12-7-4-8-13-14(12)16-10-15-13/h1-8H,9H2,(H,15,16). The number of rotatable bonds is 2. The van der Waals surface area contributed by atoms with Crippen LogP contribution in [0.3, 0.4) is 0 Å². The molecule has 2 nitrogen and oxygen atoms in total. The van der Waals surface area contributed by atoms with Crippen molar-refractivity contribution in [3.8, 4) is 0 Å². The molecule has 0 aliphatic rings. The van der Waals surface area contributed by atoms with E-state index in [1.54, 1.807) is 0 Å². The highest BCUT2D eigenvalue weighted by Crippen LogP contribution is 2.17. The van der Waals surface area contributed by atoms with Crippen molar-refractivity contribution in [2.24, 2.45) is 0 Å². The fraction of sp³-hybridized carbons (Fsp3) is 0.0714. The molecule has 0 saturated heterocycles. The molecule has 1 radical (unpaired) electrons. The Morgan fingerprint density at radius 2 is 1.88 bits per heavy atom. The highest BCUT2D eigenvalue weighted by Gasteiger charge is 2.03. The van der Waals surface area contributed by atoms with Crippen LogP contribution in [0.1, 0.15) is 11.1 Å². The first-order valence-corrected chi connectivity index (χ1v) is 5.31. The summed E-state index contributed by atoms with van der Waals surface area (Å²) < 4.78 is 0. The van der Waals surface area contributed by atoms with E-state index in [0.717, 1.165) is 17.5 Å². The van der Waals surface area contributed by atoms with E-state index in [2.05, 4.69) is 46.6 Å². The first kappa shape index (κ1) is 9.16. The summed E-state index contributed by atoms with van der Waals surface area (Å²) in [7, 11) is 0. The largest absolute Gasteiger partial charge is 0.335 e. The average Bonchev–Trinajstić information content (AvgIpc) is 2.80. The van der Waals surface area contributed by atoms with Crippen LogP contribution in [0.25, 0.3) is 11.0 Å². The number of nitrogens with one attached hydrogen (secondary N) is 1. The number of imidazole rings is 1. The average molecular weight is 207 g/mol. The van der Waals surface area contributed by atoms with Gasteiger partial charge in [0.2, 0.25) is 0 Å². The van der Waals surface area contributed by atoms with Gasteiger partial charge in [0.25, 0.3) is 0 Å². The Bertz CT molecular complexity index is 596. The smallest absolute Gasteiger partial charge is 0.174 e. The lowest BCUT2D eigenvalue weighted by Gasteiger charge is -2.02. The van der Waals surface area contributed by atoms with Crippen LogP contribution in [0.2, 0.25) is 0 Å². The number of aromatic nitrogens is 2. The predicted octanol–water partition coefficient (Wildman–Crippen LogP) is 2.95.